The highest BCUT2D eigenvalue weighted by Gasteiger charge is 2.13. The normalized spacial score (nSPS) is 10.8. The van der Waals surface area contributed by atoms with Gasteiger partial charge in [-0.3, -0.25) is 0 Å². The first-order valence-electron chi connectivity index (χ1n) is 5.25. The van der Waals surface area contributed by atoms with Gasteiger partial charge in [0, 0.05) is 28.2 Å². The third-order valence-electron chi connectivity index (χ3n) is 2.49. The van der Waals surface area contributed by atoms with Gasteiger partial charge in [0.25, 0.3) is 0 Å². The maximum Gasteiger partial charge on any atom is 0.165 e. The van der Waals surface area contributed by atoms with E-state index in [1.807, 2.05) is 16.7 Å². The molecule has 0 radical (unpaired) electrons. The molecule has 2 N–H and O–H groups in total. The summed E-state index contributed by atoms with van der Waals surface area (Å²) >= 11 is 6.86. The lowest BCUT2D eigenvalue weighted by Gasteiger charge is -2.10. The van der Waals surface area contributed by atoms with Gasteiger partial charge in [0.1, 0.15) is 6.33 Å². The van der Waals surface area contributed by atoms with Crippen molar-refractivity contribution < 1.29 is 4.74 Å². The van der Waals surface area contributed by atoms with Gasteiger partial charge >= 0.3 is 0 Å². The minimum Gasteiger partial charge on any atom is -0.397 e. The molecule has 0 atom stereocenters. The molecule has 0 saturated heterocycles. The lowest BCUT2D eigenvalue weighted by atomic mass is 10.1. The lowest BCUT2D eigenvalue weighted by Crippen LogP contribution is -2.06. The molecule has 7 heteroatoms. The van der Waals surface area contributed by atoms with E-state index in [1.165, 1.54) is 0 Å². The molecule has 5 nitrogen and oxygen atoms in total. The zero-order valence-electron chi connectivity index (χ0n) is 9.73. The fraction of sp³-hybridized carbons (Fsp3) is 0.273. The van der Waals surface area contributed by atoms with Crippen molar-refractivity contribution in [1.29, 1.82) is 0 Å². The quantitative estimate of drug-likeness (QED) is 0.834. The highest BCUT2D eigenvalue weighted by Crippen LogP contribution is 2.34. The molecule has 1 aromatic heterocycles. The van der Waals surface area contributed by atoms with E-state index in [9.17, 15) is 0 Å². The second kappa shape index (κ2) is 5.81. The van der Waals surface area contributed by atoms with Crippen molar-refractivity contribution in [2.45, 2.75) is 6.54 Å². The van der Waals surface area contributed by atoms with Crippen LogP contribution in [0.25, 0.3) is 11.4 Å². The number of nitrogen functional groups attached to an aromatic ring is 1. The summed E-state index contributed by atoms with van der Waals surface area (Å²) in [5.41, 5.74) is 7.54. The number of halogens is 2. The molecule has 0 aliphatic carbocycles. The zero-order valence-corrected chi connectivity index (χ0v) is 12.9. The van der Waals surface area contributed by atoms with Crippen LogP contribution in [0.15, 0.2) is 27.4 Å². The predicted octanol–water partition coefficient (Wildman–Crippen LogP) is 2.70. The van der Waals surface area contributed by atoms with Crippen molar-refractivity contribution in [2.75, 3.05) is 19.5 Å². The Bertz CT molecular complexity index is 556. The van der Waals surface area contributed by atoms with Gasteiger partial charge < -0.3 is 15.0 Å². The third kappa shape index (κ3) is 2.73. The minimum absolute atomic E-state index is 0.597. The number of aromatic nitrogens is 3. The van der Waals surface area contributed by atoms with Crippen molar-refractivity contribution in [2.24, 2.45) is 0 Å². The molecular weight excluding hydrogens is 364 g/mol. The van der Waals surface area contributed by atoms with Crippen molar-refractivity contribution in [3.63, 3.8) is 0 Å². The van der Waals surface area contributed by atoms with Crippen LogP contribution in [0, 0.1) is 0 Å². The molecule has 2 aromatic rings. The van der Waals surface area contributed by atoms with E-state index in [0.717, 1.165) is 20.3 Å². The van der Waals surface area contributed by atoms with E-state index in [1.54, 1.807) is 13.4 Å². The molecule has 0 amide bonds. The molecule has 0 aliphatic rings. The molecule has 0 fully saturated rings. The smallest absolute Gasteiger partial charge is 0.165 e. The van der Waals surface area contributed by atoms with Gasteiger partial charge in [0.05, 0.1) is 12.3 Å². The van der Waals surface area contributed by atoms with Crippen molar-refractivity contribution >= 4 is 37.5 Å². The number of nitrogens with zero attached hydrogens (tertiary/aromatic N) is 3. The van der Waals surface area contributed by atoms with Gasteiger partial charge in [-0.2, -0.15) is 0 Å². The fourth-order valence-electron chi connectivity index (χ4n) is 1.59. The van der Waals surface area contributed by atoms with Crippen molar-refractivity contribution in [3.8, 4) is 11.4 Å². The topological polar surface area (TPSA) is 66.0 Å². The average Bonchev–Trinajstić information content (AvgIpc) is 2.79. The molecule has 1 heterocycles. The van der Waals surface area contributed by atoms with E-state index in [4.69, 9.17) is 10.5 Å². The summed E-state index contributed by atoms with van der Waals surface area (Å²) in [6.45, 7) is 1.28. The number of benzene rings is 1. The molecule has 2 rings (SSSR count). The Labute approximate surface area is 122 Å². The van der Waals surface area contributed by atoms with E-state index in [-0.39, 0.29) is 0 Å². The van der Waals surface area contributed by atoms with Crippen LogP contribution in [0.5, 0.6) is 0 Å². The Morgan fingerprint density at radius 1 is 1.39 bits per heavy atom. The van der Waals surface area contributed by atoms with Crippen LogP contribution in [0.4, 0.5) is 5.69 Å². The van der Waals surface area contributed by atoms with Gasteiger partial charge in [0.2, 0.25) is 0 Å². The highest BCUT2D eigenvalue weighted by atomic mass is 79.9. The van der Waals surface area contributed by atoms with Crippen LogP contribution in [-0.2, 0) is 11.3 Å². The van der Waals surface area contributed by atoms with Gasteiger partial charge in [-0.05, 0) is 28.1 Å². The number of rotatable bonds is 4. The standard InChI is InChI=1S/C11H12Br2N4O/c1-18-3-2-17-6-15-16-11(17)8-4-7(12)5-9(13)10(8)14/h4-6H,2-3,14H2,1H3. The summed E-state index contributed by atoms with van der Waals surface area (Å²) in [7, 11) is 1.66. The molecule has 0 unspecified atom stereocenters. The Kier molecular flexibility index (Phi) is 4.36. The number of ether oxygens (including phenoxy) is 1. The summed E-state index contributed by atoms with van der Waals surface area (Å²) in [6, 6.07) is 3.82. The fourth-order valence-corrected chi connectivity index (χ4v) is 2.81. The van der Waals surface area contributed by atoms with Crippen LogP contribution >= 0.6 is 31.9 Å². The van der Waals surface area contributed by atoms with Crippen LogP contribution in [0.2, 0.25) is 0 Å². The van der Waals surface area contributed by atoms with E-state index >= 15 is 0 Å². The summed E-state index contributed by atoms with van der Waals surface area (Å²) in [5, 5.41) is 8.04. The van der Waals surface area contributed by atoms with Gasteiger partial charge in [0.15, 0.2) is 5.82 Å². The molecule has 1 aromatic carbocycles. The first-order chi connectivity index (χ1) is 8.63. The largest absolute Gasteiger partial charge is 0.397 e. The SMILES string of the molecule is COCCn1cnnc1-c1cc(Br)cc(Br)c1N. The molecular formula is C11H12Br2N4O. The Hall–Kier alpha value is -0.920. The van der Waals surface area contributed by atoms with Crippen molar-refractivity contribution in [1.82, 2.24) is 14.8 Å². The Balaban J connectivity index is 2.45. The molecule has 0 saturated carbocycles. The molecule has 0 spiro atoms. The number of anilines is 1. The maximum absolute atomic E-state index is 6.06. The maximum atomic E-state index is 6.06. The Morgan fingerprint density at radius 2 is 2.17 bits per heavy atom. The lowest BCUT2D eigenvalue weighted by molar-refractivity contribution is 0.187. The van der Waals surface area contributed by atoms with Gasteiger partial charge in [-0.25, -0.2) is 0 Å². The number of hydrogen-bond donors (Lipinski definition) is 1. The first-order valence-corrected chi connectivity index (χ1v) is 6.83. The van der Waals surface area contributed by atoms with Gasteiger partial charge in [-0.1, -0.05) is 15.9 Å². The molecule has 96 valence electrons. The number of methoxy groups -OCH3 is 1. The van der Waals surface area contributed by atoms with Crippen molar-refractivity contribution in [3.05, 3.63) is 27.4 Å². The summed E-state index contributed by atoms with van der Waals surface area (Å²) in [5.74, 6) is 0.728. The van der Waals surface area contributed by atoms with Crippen LogP contribution in [-0.4, -0.2) is 28.5 Å². The van der Waals surface area contributed by atoms with E-state index < -0.39 is 0 Å². The molecule has 18 heavy (non-hydrogen) atoms. The predicted molar refractivity (Wildman–Crippen MR) is 77.1 cm³/mol. The zero-order chi connectivity index (χ0) is 13.1. The van der Waals surface area contributed by atoms with Crippen LogP contribution in [0.3, 0.4) is 0 Å². The average molecular weight is 376 g/mol. The van der Waals surface area contributed by atoms with E-state index in [2.05, 4.69) is 42.1 Å². The van der Waals surface area contributed by atoms with Crippen LogP contribution in [0.1, 0.15) is 0 Å². The summed E-state index contributed by atoms with van der Waals surface area (Å²) in [4.78, 5) is 0. The second-order valence-electron chi connectivity index (χ2n) is 3.69. The van der Waals surface area contributed by atoms with Gasteiger partial charge in [-0.15, -0.1) is 10.2 Å². The third-order valence-corrected chi connectivity index (χ3v) is 3.60. The monoisotopic (exact) mass is 374 g/mol. The second-order valence-corrected chi connectivity index (χ2v) is 5.46. The summed E-state index contributed by atoms with van der Waals surface area (Å²) in [6.07, 6.45) is 1.67. The molecule has 0 aliphatic heterocycles. The summed E-state index contributed by atoms with van der Waals surface area (Å²) < 4.78 is 8.73. The molecule has 0 bridgehead atoms. The highest BCUT2D eigenvalue weighted by molar-refractivity contribution is 9.11. The van der Waals surface area contributed by atoms with E-state index in [0.29, 0.717) is 18.8 Å². The Morgan fingerprint density at radius 3 is 2.89 bits per heavy atom. The first kappa shape index (κ1) is 13.5. The van der Waals surface area contributed by atoms with Crippen LogP contribution < -0.4 is 5.73 Å². The number of nitrogens with two attached hydrogens (primary N) is 1. The number of hydrogen-bond acceptors (Lipinski definition) is 4. The minimum atomic E-state index is 0.597.